The lowest BCUT2D eigenvalue weighted by atomic mass is 10.1. The van der Waals surface area contributed by atoms with Gasteiger partial charge in [0.05, 0.1) is 5.69 Å². The average molecular weight is 303 g/mol. The fourth-order valence-electron chi connectivity index (χ4n) is 2.28. The van der Waals surface area contributed by atoms with Gasteiger partial charge in [-0.05, 0) is 29.3 Å². The van der Waals surface area contributed by atoms with Crippen molar-refractivity contribution in [1.82, 2.24) is 4.31 Å². The summed E-state index contributed by atoms with van der Waals surface area (Å²) >= 11 is 0. The summed E-state index contributed by atoms with van der Waals surface area (Å²) in [6.07, 6.45) is 0. The predicted octanol–water partition coefficient (Wildman–Crippen LogP) is 2.40. The van der Waals surface area contributed by atoms with Crippen LogP contribution < -0.4 is 10.0 Å². The average Bonchev–Trinajstić information content (AvgIpc) is 2.47. The van der Waals surface area contributed by atoms with Crippen molar-refractivity contribution in [2.75, 3.05) is 17.1 Å². The summed E-state index contributed by atoms with van der Waals surface area (Å²) in [7, 11) is -1.82. The van der Waals surface area contributed by atoms with Crippen LogP contribution in [0.4, 0.5) is 11.4 Å². The summed E-state index contributed by atoms with van der Waals surface area (Å²) in [6.45, 7) is 1.12. The Balaban J connectivity index is 1.76. The number of hydrogen-bond acceptors (Lipinski definition) is 3. The van der Waals surface area contributed by atoms with E-state index in [1.54, 1.807) is 13.1 Å². The lowest BCUT2D eigenvalue weighted by molar-refractivity contribution is 0.466. The summed E-state index contributed by atoms with van der Waals surface area (Å²) < 4.78 is 27.3. The van der Waals surface area contributed by atoms with E-state index in [1.165, 1.54) is 9.87 Å². The molecule has 0 saturated carbocycles. The van der Waals surface area contributed by atoms with Crippen molar-refractivity contribution < 1.29 is 8.42 Å². The fraction of sp³-hybridized carbons (Fsp3) is 0.200. The van der Waals surface area contributed by atoms with Crippen molar-refractivity contribution in [3.63, 3.8) is 0 Å². The Labute approximate surface area is 124 Å². The van der Waals surface area contributed by atoms with E-state index in [0.717, 1.165) is 17.8 Å². The third kappa shape index (κ3) is 3.01. The van der Waals surface area contributed by atoms with Gasteiger partial charge in [0.15, 0.2) is 0 Å². The van der Waals surface area contributed by atoms with Crippen molar-refractivity contribution in [2.45, 2.75) is 13.1 Å². The Morgan fingerprint density at radius 3 is 2.71 bits per heavy atom. The molecule has 6 heteroatoms. The Hall–Kier alpha value is -2.05. The molecule has 2 N–H and O–H groups in total. The van der Waals surface area contributed by atoms with E-state index in [2.05, 4.69) is 22.2 Å². The predicted molar refractivity (Wildman–Crippen MR) is 84.2 cm³/mol. The molecule has 1 aliphatic rings. The molecular formula is C15H17N3O2S. The largest absolute Gasteiger partial charge is 0.381 e. The molecule has 1 aliphatic heterocycles. The molecule has 3 rings (SSSR count). The molecule has 0 amide bonds. The van der Waals surface area contributed by atoms with Crippen LogP contribution in [0.25, 0.3) is 0 Å². The van der Waals surface area contributed by atoms with Gasteiger partial charge < -0.3 is 5.32 Å². The normalized spacial score (nSPS) is 16.8. The molecule has 0 bridgehead atoms. The number of rotatable bonds is 3. The fourth-order valence-corrected chi connectivity index (χ4v) is 3.22. The van der Waals surface area contributed by atoms with Crippen molar-refractivity contribution in [3.05, 3.63) is 59.7 Å². The molecule has 2 aromatic carbocycles. The molecule has 21 heavy (non-hydrogen) atoms. The van der Waals surface area contributed by atoms with Crippen LogP contribution in [-0.4, -0.2) is 19.8 Å². The molecule has 5 nitrogen and oxygen atoms in total. The van der Waals surface area contributed by atoms with E-state index in [-0.39, 0.29) is 0 Å². The molecule has 0 radical (unpaired) electrons. The molecule has 0 aliphatic carbocycles. The standard InChI is InChI=1S/C15H17N3O2S/c1-18-11-13-9-14(7-8-15(13)17-21(18,19)20)16-10-12-5-3-2-4-6-12/h2-9,16-17H,10-11H2,1H3. The molecule has 2 aromatic rings. The van der Waals surface area contributed by atoms with Crippen molar-refractivity contribution >= 4 is 21.6 Å². The first-order valence-corrected chi connectivity index (χ1v) is 8.13. The van der Waals surface area contributed by atoms with Gasteiger partial charge >= 0.3 is 10.2 Å². The smallest absolute Gasteiger partial charge is 0.301 e. The number of fused-ring (bicyclic) bond motifs is 1. The van der Waals surface area contributed by atoms with Crippen LogP contribution >= 0.6 is 0 Å². The zero-order valence-electron chi connectivity index (χ0n) is 11.7. The maximum absolute atomic E-state index is 11.7. The topological polar surface area (TPSA) is 61.4 Å². The first-order chi connectivity index (χ1) is 10.0. The van der Waals surface area contributed by atoms with Crippen LogP contribution in [0.1, 0.15) is 11.1 Å². The summed E-state index contributed by atoms with van der Waals surface area (Å²) in [4.78, 5) is 0. The summed E-state index contributed by atoms with van der Waals surface area (Å²) in [6, 6.07) is 15.8. The highest BCUT2D eigenvalue weighted by molar-refractivity contribution is 7.90. The van der Waals surface area contributed by atoms with E-state index in [4.69, 9.17) is 0 Å². The molecule has 0 atom stereocenters. The highest BCUT2D eigenvalue weighted by atomic mass is 32.2. The first kappa shape index (κ1) is 13.9. The van der Waals surface area contributed by atoms with Crippen LogP contribution in [0.5, 0.6) is 0 Å². The minimum Gasteiger partial charge on any atom is -0.381 e. The molecule has 0 fully saturated rings. The van der Waals surface area contributed by atoms with Crippen LogP contribution in [0.15, 0.2) is 48.5 Å². The first-order valence-electron chi connectivity index (χ1n) is 6.69. The lowest BCUT2D eigenvalue weighted by Crippen LogP contribution is -2.36. The van der Waals surface area contributed by atoms with E-state index in [9.17, 15) is 8.42 Å². The lowest BCUT2D eigenvalue weighted by Gasteiger charge is -2.26. The van der Waals surface area contributed by atoms with Gasteiger partial charge in [0.1, 0.15) is 0 Å². The number of benzene rings is 2. The zero-order valence-corrected chi connectivity index (χ0v) is 12.5. The molecule has 0 unspecified atom stereocenters. The van der Waals surface area contributed by atoms with Gasteiger partial charge in [0.2, 0.25) is 0 Å². The van der Waals surface area contributed by atoms with Gasteiger partial charge in [-0.25, -0.2) is 0 Å². The van der Waals surface area contributed by atoms with Gasteiger partial charge in [-0.3, -0.25) is 4.72 Å². The summed E-state index contributed by atoms with van der Waals surface area (Å²) in [5.41, 5.74) is 3.80. The molecule has 110 valence electrons. The third-order valence-corrected chi connectivity index (χ3v) is 4.91. The summed E-state index contributed by atoms with van der Waals surface area (Å²) in [5, 5.41) is 3.35. The van der Waals surface area contributed by atoms with Crippen molar-refractivity contribution in [1.29, 1.82) is 0 Å². The Kier molecular flexibility index (Phi) is 3.57. The van der Waals surface area contributed by atoms with Crippen LogP contribution in [0, 0.1) is 0 Å². The maximum Gasteiger partial charge on any atom is 0.301 e. The minimum atomic E-state index is -3.38. The van der Waals surface area contributed by atoms with Crippen molar-refractivity contribution in [3.8, 4) is 0 Å². The van der Waals surface area contributed by atoms with Crippen LogP contribution in [0.2, 0.25) is 0 Å². The number of anilines is 2. The molecule has 1 heterocycles. The number of nitrogens with zero attached hydrogens (tertiary/aromatic N) is 1. The maximum atomic E-state index is 11.7. The van der Waals surface area contributed by atoms with Crippen LogP contribution in [0.3, 0.4) is 0 Å². The Morgan fingerprint density at radius 2 is 1.95 bits per heavy atom. The van der Waals surface area contributed by atoms with Crippen LogP contribution in [-0.2, 0) is 23.3 Å². The highest BCUT2D eigenvalue weighted by Crippen LogP contribution is 2.28. The van der Waals surface area contributed by atoms with Crippen molar-refractivity contribution in [2.24, 2.45) is 0 Å². The van der Waals surface area contributed by atoms with Gasteiger partial charge in [-0.2, -0.15) is 12.7 Å². The Morgan fingerprint density at radius 1 is 1.19 bits per heavy atom. The second kappa shape index (κ2) is 5.38. The van der Waals surface area contributed by atoms with E-state index in [1.807, 2.05) is 30.3 Å². The second-order valence-electron chi connectivity index (χ2n) is 5.07. The number of nitrogens with one attached hydrogen (secondary N) is 2. The molecule has 0 saturated heterocycles. The van der Waals surface area contributed by atoms with Gasteiger partial charge in [-0.15, -0.1) is 0 Å². The molecule has 0 aromatic heterocycles. The highest BCUT2D eigenvalue weighted by Gasteiger charge is 2.25. The quantitative estimate of drug-likeness (QED) is 0.915. The zero-order chi connectivity index (χ0) is 14.9. The van der Waals surface area contributed by atoms with Gasteiger partial charge in [0, 0.05) is 25.8 Å². The number of hydrogen-bond donors (Lipinski definition) is 2. The van der Waals surface area contributed by atoms with Gasteiger partial charge in [-0.1, -0.05) is 30.3 Å². The van der Waals surface area contributed by atoms with E-state index >= 15 is 0 Å². The Bertz CT molecular complexity index is 745. The monoisotopic (exact) mass is 303 g/mol. The third-order valence-electron chi connectivity index (χ3n) is 3.49. The second-order valence-corrected chi connectivity index (χ2v) is 6.85. The van der Waals surface area contributed by atoms with E-state index < -0.39 is 10.2 Å². The summed E-state index contributed by atoms with van der Waals surface area (Å²) in [5.74, 6) is 0. The SMILES string of the molecule is CN1Cc2cc(NCc3ccccc3)ccc2NS1(=O)=O. The molecular weight excluding hydrogens is 286 g/mol. The van der Waals surface area contributed by atoms with E-state index in [0.29, 0.717) is 12.2 Å². The minimum absolute atomic E-state index is 0.380. The van der Waals surface area contributed by atoms with Gasteiger partial charge in [0.25, 0.3) is 0 Å². The molecule has 0 spiro atoms.